The Morgan fingerprint density at radius 2 is 2.47 bits per heavy atom. The predicted molar refractivity (Wildman–Crippen MR) is 66.9 cm³/mol. The lowest BCUT2D eigenvalue weighted by molar-refractivity contribution is 0.100. The zero-order valence-electron chi connectivity index (χ0n) is 10.0. The summed E-state index contributed by atoms with van der Waals surface area (Å²) in [7, 11) is 2.10. The fraction of sp³-hybridized carbons (Fsp3) is 0.500. The first-order valence-electron chi connectivity index (χ1n) is 5.86. The minimum absolute atomic E-state index is 0.335. The zero-order chi connectivity index (χ0) is 12.3. The predicted octanol–water partition coefficient (Wildman–Crippen LogP) is 0.687. The van der Waals surface area contributed by atoms with Crippen LogP contribution < -0.4 is 11.1 Å². The molecule has 92 valence electrons. The fourth-order valence-electron chi connectivity index (χ4n) is 2.20. The maximum absolute atomic E-state index is 11.3. The van der Waals surface area contributed by atoms with E-state index >= 15 is 0 Å². The molecule has 2 heterocycles. The maximum atomic E-state index is 11.3. The van der Waals surface area contributed by atoms with Gasteiger partial charge in [-0.2, -0.15) is 0 Å². The van der Waals surface area contributed by atoms with Crippen molar-refractivity contribution in [1.82, 2.24) is 9.88 Å². The molecule has 0 saturated carbocycles. The Kier molecular flexibility index (Phi) is 3.58. The van der Waals surface area contributed by atoms with Crippen LogP contribution in [0.25, 0.3) is 0 Å². The molecule has 0 aliphatic carbocycles. The van der Waals surface area contributed by atoms with Crippen molar-refractivity contribution >= 4 is 11.7 Å². The van der Waals surface area contributed by atoms with Gasteiger partial charge in [-0.05, 0) is 38.6 Å². The van der Waals surface area contributed by atoms with Crippen molar-refractivity contribution < 1.29 is 4.79 Å². The average Bonchev–Trinajstić information content (AvgIpc) is 2.29. The first kappa shape index (κ1) is 11.9. The highest BCUT2D eigenvalue weighted by molar-refractivity contribution is 5.97. The van der Waals surface area contributed by atoms with Gasteiger partial charge in [0.25, 0.3) is 5.91 Å². The molecule has 1 unspecified atom stereocenters. The number of hydrogen-bond acceptors (Lipinski definition) is 4. The number of likely N-dealkylation sites (tertiary alicyclic amines) is 1. The SMILES string of the molecule is CN1CCCC(Nc2ncccc2C(N)=O)C1. The van der Waals surface area contributed by atoms with Gasteiger partial charge >= 0.3 is 0 Å². The highest BCUT2D eigenvalue weighted by Crippen LogP contribution is 2.16. The number of amides is 1. The van der Waals surface area contributed by atoms with Crippen LogP contribution in [0.2, 0.25) is 0 Å². The summed E-state index contributed by atoms with van der Waals surface area (Å²) in [6.07, 6.45) is 3.92. The van der Waals surface area contributed by atoms with Crippen molar-refractivity contribution in [2.75, 3.05) is 25.5 Å². The molecular formula is C12H18N4O. The van der Waals surface area contributed by atoms with E-state index in [0.717, 1.165) is 25.9 Å². The number of likely N-dealkylation sites (N-methyl/N-ethyl adjacent to an activating group) is 1. The lowest BCUT2D eigenvalue weighted by atomic mass is 10.1. The Morgan fingerprint density at radius 1 is 1.65 bits per heavy atom. The van der Waals surface area contributed by atoms with E-state index in [0.29, 0.717) is 17.4 Å². The van der Waals surface area contributed by atoms with Crippen LogP contribution in [0.15, 0.2) is 18.3 Å². The second-order valence-electron chi connectivity index (χ2n) is 4.51. The number of pyridine rings is 1. The van der Waals surface area contributed by atoms with Crippen LogP contribution in [0.5, 0.6) is 0 Å². The van der Waals surface area contributed by atoms with Gasteiger partial charge in [0.15, 0.2) is 0 Å². The number of hydrogen-bond donors (Lipinski definition) is 2. The lowest BCUT2D eigenvalue weighted by Gasteiger charge is -2.30. The van der Waals surface area contributed by atoms with Crippen LogP contribution in [0.4, 0.5) is 5.82 Å². The van der Waals surface area contributed by atoms with Gasteiger partial charge in [0.1, 0.15) is 5.82 Å². The van der Waals surface area contributed by atoms with E-state index in [9.17, 15) is 4.79 Å². The molecule has 1 aromatic rings. The minimum Gasteiger partial charge on any atom is -0.365 e. The first-order chi connectivity index (χ1) is 8.16. The summed E-state index contributed by atoms with van der Waals surface area (Å²) in [6, 6.07) is 3.75. The van der Waals surface area contributed by atoms with Crippen LogP contribution in [-0.4, -0.2) is 42.0 Å². The van der Waals surface area contributed by atoms with Crippen molar-refractivity contribution in [3.8, 4) is 0 Å². The Morgan fingerprint density at radius 3 is 3.18 bits per heavy atom. The topological polar surface area (TPSA) is 71.2 Å². The van der Waals surface area contributed by atoms with Crippen LogP contribution in [-0.2, 0) is 0 Å². The first-order valence-corrected chi connectivity index (χ1v) is 5.86. The Labute approximate surface area is 101 Å². The Balaban J connectivity index is 2.10. The molecular weight excluding hydrogens is 216 g/mol. The standard InChI is InChI=1S/C12H18N4O/c1-16-7-3-4-9(8-16)15-12-10(11(13)17)5-2-6-14-12/h2,5-6,9H,3-4,7-8H2,1H3,(H2,13,17)(H,14,15). The van der Waals surface area contributed by atoms with Gasteiger partial charge in [-0.1, -0.05) is 0 Å². The Bertz CT molecular complexity index is 407. The average molecular weight is 234 g/mol. The van der Waals surface area contributed by atoms with E-state index in [2.05, 4.69) is 22.2 Å². The largest absolute Gasteiger partial charge is 0.365 e. The van der Waals surface area contributed by atoms with Crippen molar-refractivity contribution in [2.24, 2.45) is 5.73 Å². The summed E-state index contributed by atoms with van der Waals surface area (Å²) in [4.78, 5) is 17.7. The summed E-state index contributed by atoms with van der Waals surface area (Å²) in [5.41, 5.74) is 5.78. The molecule has 5 heteroatoms. The van der Waals surface area contributed by atoms with Crippen LogP contribution in [0.1, 0.15) is 23.2 Å². The van der Waals surface area contributed by atoms with E-state index in [1.54, 1.807) is 18.3 Å². The molecule has 1 fully saturated rings. The molecule has 17 heavy (non-hydrogen) atoms. The lowest BCUT2D eigenvalue weighted by Crippen LogP contribution is -2.40. The third-order valence-electron chi connectivity index (χ3n) is 3.04. The molecule has 0 aromatic carbocycles. The van der Waals surface area contributed by atoms with E-state index in [4.69, 9.17) is 5.73 Å². The smallest absolute Gasteiger partial charge is 0.252 e. The molecule has 1 aliphatic rings. The van der Waals surface area contributed by atoms with Gasteiger partial charge in [0.2, 0.25) is 0 Å². The van der Waals surface area contributed by atoms with Crippen molar-refractivity contribution in [1.29, 1.82) is 0 Å². The molecule has 0 bridgehead atoms. The van der Waals surface area contributed by atoms with E-state index in [1.165, 1.54) is 0 Å². The van der Waals surface area contributed by atoms with Gasteiger partial charge in [0.05, 0.1) is 5.56 Å². The normalized spacial score (nSPS) is 21.1. The quantitative estimate of drug-likeness (QED) is 0.807. The number of nitrogens with two attached hydrogens (primary N) is 1. The minimum atomic E-state index is -0.440. The summed E-state index contributed by atoms with van der Waals surface area (Å²) in [6.45, 7) is 2.10. The van der Waals surface area contributed by atoms with Crippen LogP contribution in [0, 0.1) is 0 Å². The summed E-state index contributed by atoms with van der Waals surface area (Å²) < 4.78 is 0. The van der Waals surface area contributed by atoms with Gasteiger partial charge in [-0.3, -0.25) is 4.79 Å². The van der Waals surface area contributed by atoms with Gasteiger partial charge < -0.3 is 16.0 Å². The molecule has 0 spiro atoms. The summed E-state index contributed by atoms with van der Waals surface area (Å²) in [5, 5.41) is 3.31. The molecule has 2 rings (SSSR count). The molecule has 1 atom stereocenters. The Hall–Kier alpha value is -1.62. The van der Waals surface area contributed by atoms with Crippen LogP contribution in [0.3, 0.4) is 0 Å². The molecule has 1 aliphatic heterocycles. The monoisotopic (exact) mass is 234 g/mol. The molecule has 3 N–H and O–H groups in total. The number of rotatable bonds is 3. The number of piperidine rings is 1. The number of primary amides is 1. The molecule has 5 nitrogen and oxygen atoms in total. The van der Waals surface area contributed by atoms with E-state index in [-0.39, 0.29) is 0 Å². The maximum Gasteiger partial charge on any atom is 0.252 e. The van der Waals surface area contributed by atoms with Crippen molar-refractivity contribution in [3.63, 3.8) is 0 Å². The number of carbonyl (C=O) groups is 1. The van der Waals surface area contributed by atoms with Crippen molar-refractivity contribution in [2.45, 2.75) is 18.9 Å². The zero-order valence-corrected chi connectivity index (χ0v) is 10.0. The van der Waals surface area contributed by atoms with Gasteiger partial charge in [-0.15, -0.1) is 0 Å². The number of nitrogens with one attached hydrogen (secondary N) is 1. The third kappa shape index (κ3) is 2.94. The van der Waals surface area contributed by atoms with Crippen LogP contribution >= 0.6 is 0 Å². The highest BCUT2D eigenvalue weighted by Gasteiger charge is 2.19. The highest BCUT2D eigenvalue weighted by atomic mass is 16.1. The molecule has 1 amide bonds. The number of aromatic nitrogens is 1. The van der Waals surface area contributed by atoms with Gasteiger partial charge in [0, 0.05) is 18.8 Å². The summed E-state index contributed by atoms with van der Waals surface area (Å²) in [5.74, 6) is 0.157. The van der Waals surface area contributed by atoms with E-state index in [1.807, 2.05) is 0 Å². The number of anilines is 1. The second kappa shape index (κ2) is 5.14. The molecule has 1 aromatic heterocycles. The number of carbonyl (C=O) groups excluding carboxylic acids is 1. The summed E-state index contributed by atoms with van der Waals surface area (Å²) >= 11 is 0. The fourth-order valence-corrected chi connectivity index (χ4v) is 2.20. The molecule has 1 saturated heterocycles. The van der Waals surface area contributed by atoms with Gasteiger partial charge in [-0.25, -0.2) is 4.98 Å². The van der Waals surface area contributed by atoms with E-state index < -0.39 is 5.91 Å². The third-order valence-corrected chi connectivity index (χ3v) is 3.04. The van der Waals surface area contributed by atoms with Crippen molar-refractivity contribution in [3.05, 3.63) is 23.9 Å². The second-order valence-corrected chi connectivity index (χ2v) is 4.51. The molecule has 0 radical (unpaired) electrons. The number of nitrogens with zero attached hydrogens (tertiary/aromatic N) is 2.